The van der Waals surface area contributed by atoms with Crippen LogP contribution in [0, 0.1) is 0 Å². The molecule has 0 radical (unpaired) electrons. The molecule has 0 fully saturated rings. The molecule has 8 heteroatoms. The van der Waals surface area contributed by atoms with Crippen molar-refractivity contribution in [2.24, 2.45) is 0 Å². The molecule has 0 spiro atoms. The van der Waals surface area contributed by atoms with E-state index in [0.717, 1.165) is 5.56 Å². The molecule has 2 amide bonds. The zero-order valence-corrected chi connectivity index (χ0v) is 16.9. The Morgan fingerprint density at radius 1 is 1.12 bits per heavy atom. The molecule has 0 heterocycles. The highest BCUT2D eigenvalue weighted by molar-refractivity contribution is 7.89. The predicted octanol–water partition coefficient (Wildman–Crippen LogP) is 1.29. The van der Waals surface area contributed by atoms with Gasteiger partial charge in [-0.2, -0.15) is 0 Å². The monoisotopic (exact) mass is 383 g/mol. The van der Waals surface area contributed by atoms with E-state index in [4.69, 9.17) is 0 Å². The second-order valence-corrected chi connectivity index (χ2v) is 8.87. The van der Waals surface area contributed by atoms with Gasteiger partial charge >= 0.3 is 0 Å². The average Bonchev–Trinajstić information content (AvgIpc) is 2.54. The number of benzene rings is 1. The van der Waals surface area contributed by atoms with Crippen molar-refractivity contribution in [1.29, 1.82) is 0 Å². The van der Waals surface area contributed by atoms with Gasteiger partial charge in [0.2, 0.25) is 21.8 Å². The third-order valence-electron chi connectivity index (χ3n) is 3.80. The van der Waals surface area contributed by atoms with Crippen LogP contribution in [0.4, 0.5) is 0 Å². The summed E-state index contributed by atoms with van der Waals surface area (Å²) in [5.41, 5.74) is 0.976. The van der Waals surface area contributed by atoms with Crippen LogP contribution in [-0.2, 0) is 25.0 Å². The molecule has 26 heavy (non-hydrogen) atoms. The fourth-order valence-electron chi connectivity index (χ4n) is 2.22. The Kier molecular flexibility index (Phi) is 7.77. The molecule has 1 aromatic carbocycles. The summed E-state index contributed by atoms with van der Waals surface area (Å²) in [5, 5.41) is 5.13. The van der Waals surface area contributed by atoms with Crippen molar-refractivity contribution in [3.8, 4) is 0 Å². The first-order valence-electron chi connectivity index (χ1n) is 8.64. The van der Waals surface area contributed by atoms with E-state index in [1.807, 2.05) is 0 Å². The molecule has 3 N–H and O–H groups in total. The SMILES string of the molecule is CCNC(=O)[C@@H](C)NC(=O)CCNS(=O)(=O)c1ccc(C(C)(C)C)cc1. The number of carbonyl (C=O) groups is 2. The maximum Gasteiger partial charge on any atom is 0.242 e. The van der Waals surface area contributed by atoms with E-state index in [2.05, 4.69) is 36.1 Å². The van der Waals surface area contributed by atoms with Crippen molar-refractivity contribution in [2.75, 3.05) is 13.1 Å². The Hall–Kier alpha value is -1.93. The van der Waals surface area contributed by atoms with Crippen LogP contribution in [0.5, 0.6) is 0 Å². The molecule has 0 bridgehead atoms. The molecular weight excluding hydrogens is 354 g/mol. The highest BCUT2D eigenvalue weighted by Gasteiger charge is 2.18. The molecule has 7 nitrogen and oxygen atoms in total. The highest BCUT2D eigenvalue weighted by atomic mass is 32.2. The third kappa shape index (κ3) is 6.76. The van der Waals surface area contributed by atoms with Gasteiger partial charge in [0.1, 0.15) is 6.04 Å². The lowest BCUT2D eigenvalue weighted by molar-refractivity contribution is -0.128. The Morgan fingerprint density at radius 3 is 2.19 bits per heavy atom. The van der Waals surface area contributed by atoms with Crippen LogP contribution < -0.4 is 15.4 Å². The zero-order valence-electron chi connectivity index (χ0n) is 16.0. The van der Waals surface area contributed by atoms with Gasteiger partial charge in [0.25, 0.3) is 0 Å². The number of carbonyl (C=O) groups excluding carboxylic acids is 2. The van der Waals surface area contributed by atoms with E-state index in [0.29, 0.717) is 6.54 Å². The molecule has 1 aromatic rings. The van der Waals surface area contributed by atoms with Gasteiger partial charge in [0, 0.05) is 19.5 Å². The Balaban J connectivity index is 2.56. The van der Waals surface area contributed by atoms with Gasteiger partial charge in [-0.1, -0.05) is 32.9 Å². The first kappa shape index (κ1) is 22.1. The summed E-state index contributed by atoms with van der Waals surface area (Å²) in [6, 6.07) is 6.02. The van der Waals surface area contributed by atoms with E-state index < -0.39 is 22.0 Å². The van der Waals surface area contributed by atoms with Crippen molar-refractivity contribution < 1.29 is 18.0 Å². The fraction of sp³-hybridized carbons (Fsp3) is 0.556. The molecular formula is C18H29N3O4S. The minimum atomic E-state index is -3.68. The minimum Gasteiger partial charge on any atom is -0.355 e. The van der Waals surface area contributed by atoms with Crippen LogP contribution in [0.1, 0.15) is 46.6 Å². The first-order chi connectivity index (χ1) is 12.0. The molecule has 0 aliphatic rings. The molecule has 0 aromatic heterocycles. The molecule has 1 atom stereocenters. The topological polar surface area (TPSA) is 104 Å². The maximum atomic E-state index is 12.3. The lowest BCUT2D eigenvalue weighted by Crippen LogP contribution is -2.45. The lowest BCUT2D eigenvalue weighted by Gasteiger charge is -2.19. The van der Waals surface area contributed by atoms with Crippen LogP contribution in [-0.4, -0.2) is 39.4 Å². The summed E-state index contributed by atoms with van der Waals surface area (Å²) in [6.07, 6.45) is -0.0525. The number of sulfonamides is 1. The second-order valence-electron chi connectivity index (χ2n) is 7.11. The van der Waals surface area contributed by atoms with Crippen molar-refractivity contribution in [2.45, 2.75) is 57.4 Å². The quantitative estimate of drug-likeness (QED) is 0.629. The normalized spacial score (nSPS) is 13.1. The van der Waals surface area contributed by atoms with Gasteiger partial charge < -0.3 is 10.6 Å². The molecule has 0 aliphatic carbocycles. The summed E-state index contributed by atoms with van der Waals surface area (Å²) >= 11 is 0. The summed E-state index contributed by atoms with van der Waals surface area (Å²) in [6.45, 7) is 9.95. The fourth-order valence-corrected chi connectivity index (χ4v) is 3.25. The van der Waals surface area contributed by atoms with Gasteiger partial charge in [-0.3, -0.25) is 9.59 Å². The minimum absolute atomic E-state index is 0.0443. The molecule has 0 unspecified atom stereocenters. The first-order valence-corrected chi connectivity index (χ1v) is 10.1. The Morgan fingerprint density at radius 2 is 1.69 bits per heavy atom. The van der Waals surface area contributed by atoms with Gasteiger partial charge in [-0.15, -0.1) is 0 Å². The molecule has 146 valence electrons. The molecule has 1 rings (SSSR count). The average molecular weight is 384 g/mol. The standard InChI is InChI=1S/C18H29N3O4S/c1-6-19-17(23)13(2)21-16(22)11-12-20-26(24,25)15-9-7-14(8-10-15)18(3,4)5/h7-10,13,20H,6,11-12H2,1-5H3,(H,19,23)(H,21,22)/t13-/m1/s1. The van der Waals surface area contributed by atoms with E-state index >= 15 is 0 Å². The lowest BCUT2D eigenvalue weighted by atomic mass is 9.87. The number of hydrogen-bond acceptors (Lipinski definition) is 4. The summed E-state index contributed by atoms with van der Waals surface area (Å²) in [4.78, 5) is 23.5. The Labute approximate surface area is 156 Å². The molecule has 0 aliphatic heterocycles. The van der Waals surface area contributed by atoms with Crippen LogP contribution in [0.25, 0.3) is 0 Å². The van der Waals surface area contributed by atoms with Crippen molar-refractivity contribution >= 4 is 21.8 Å². The van der Waals surface area contributed by atoms with Gasteiger partial charge in [0.05, 0.1) is 4.90 Å². The second kappa shape index (κ2) is 9.14. The smallest absolute Gasteiger partial charge is 0.242 e. The third-order valence-corrected chi connectivity index (χ3v) is 5.27. The van der Waals surface area contributed by atoms with E-state index in [-0.39, 0.29) is 29.2 Å². The van der Waals surface area contributed by atoms with Crippen LogP contribution in [0.3, 0.4) is 0 Å². The summed E-state index contributed by atoms with van der Waals surface area (Å²) < 4.78 is 27.0. The van der Waals surface area contributed by atoms with Crippen molar-refractivity contribution in [3.63, 3.8) is 0 Å². The maximum absolute atomic E-state index is 12.3. The van der Waals surface area contributed by atoms with Gasteiger partial charge in [-0.25, -0.2) is 13.1 Å². The van der Waals surface area contributed by atoms with Crippen LogP contribution in [0.15, 0.2) is 29.2 Å². The van der Waals surface area contributed by atoms with Crippen LogP contribution in [0.2, 0.25) is 0 Å². The predicted molar refractivity (Wildman–Crippen MR) is 101 cm³/mol. The van der Waals surface area contributed by atoms with Gasteiger partial charge in [0.15, 0.2) is 0 Å². The summed E-state index contributed by atoms with van der Waals surface area (Å²) in [5.74, 6) is -0.671. The largest absolute Gasteiger partial charge is 0.355 e. The summed E-state index contributed by atoms with van der Waals surface area (Å²) in [7, 11) is -3.68. The van der Waals surface area contributed by atoms with Crippen LogP contribution >= 0.6 is 0 Å². The Bertz CT molecular complexity index is 722. The van der Waals surface area contributed by atoms with Gasteiger partial charge in [-0.05, 0) is 37.0 Å². The van der Waals surface area contributed by atoms with E-state index in [1.54, 1.807) is 38.1 Å². The number of likely N-dealkylation sites (N-methyl/N-ethyl adjacent to an activating group) is 1. The van der Waals surface area contributed by atoms with E-state index in [9.17, 15) is 18.0 Å². The number of hydrogen-bond donors (Lipinski definition) is 3. The van der Waals surface area contributed by atoms with E-state index in [1.165, 1.54) is 0 Å². The number of rotatable bonds is 8. The van der Waals surface area contributed by atoms with Crippen molar-refractivity contribution in [3.05, 3.63) is 29.8 Å². The number of amides is 2. The molecule has 0 saturated carbocycles. The highest BCUT2D eigenvalue weighted by Crippen LogP contribution is 2.23. The zero-order chi connectivity index (χ0) is 20.0. The molecule has 0 saturated heterocycles. The number of nitrogens with one attached hydrogen (secondary N) is 3. The van der Waals surface area contributed by atoms with Crippen molar-refractivity contribution in [1.82, 2.24) is 15.4 Å².